The van der Waals surface area contributed by atoms with Gasteiger partial charge in [0, 0.05) is 0 Å². The van der Waals surface area contributed by atoms with E-state index in [4.69, 9.17) is 17.3 Å². The number of tetrazole rings is 1. The van der Waals surface area contributed by atoms with Gasteiger partial charge in [0.1, 0.15) is 5.15 Å². The Hall–Kier alpha value is -2.22. The van der Waals surface area contributed by atoms with Gasteiger partial charge in [-0.25, -0.2) is 4.98 Å². The number of anilines is 1. The molecule has 0 saturated heterocycles. The van der Waals surface area contributed by atoms with Crippen LogP contribution in [0.15, 0.2) is 12.3 Å². The van der Waals surface area contributed by atoms with Crippen LogP contribution in [0, 0.1) is 0 Å². The fraction of sp³-hybridized carbons (Fsp3) is 0.125. The molecule has 0 fully saturated rings. The fourth-order valence-electron chi connectivity index (χ4n) is 1.14. The van der Waals surface area contributed by atoms with Crippen molar-refractivity contribution in [1.82, 2.24) is 30.9 Å². The Balaban J connectivity index is 2.07. The highest BCUT2D eigenvalue weighted by molar-refractivity contribution is 6.32. The third kappa shape index (κ3) is 2.67. The van der Waals surface area contributed by atoms with Crippen LogP contribution in [-0.4, -0.2) is 31.5 Å². The molecular weight excluding hydrogens is 246 g/mol. The number of hydrogen-bond acceptors (Lipinski definition) is 6. The Labute approximate surface area is 101 Å². The van der Waals surface area contributed by atoms with Gasteiger partial charge in [0.15, 0.2) is 5.82 Å². The van der Waals surface area contributed by atoms with E-state index in [0.29, 0.717) is 11.5 Å². The largest absolute Gasteiger partial charge is 0.397 e. The molecule has 17 heavy (non-hydrogen) atoms. The Kier molecular flexibility index (Phi) is 3.15. The molecule has 0 aliphatic heterocycles. The molecule has 9 heteroatoms. The van der Waals surface area contributed by atoms with Gasteiger partial charge in [-0.3, -0.25) is 4.79 Å². The Morgan fingerprint density at radius 1 is 1.59 bits per heavy atom. The summed E-state index contributed by atoms with van der Waals surface area (Å²) in [4.78, 5) is 15.5. The minimum atomic E-state index is -0.403. The minimum Gasteiger partial charge on any atom is -0.397 e. The smallest absolute Gasteiger partial charge is 0.254 e. The minimum absolute atomic E-state index is 0.0878. The summed E-state index contributed by atoms with van der Waals surface area (Å²) in [6.45, 7) is 0.139. The highest BCUT2D eigenvalue weighted by atomic mass is 35.5. The number of nitrogens with one attached hydrogen (secondary N) is 2. The molecule has 8 nitrogen and oxygen atoms in total. The summed E-state index contributed by atoms with van der Waals surface area (Å²) in [5.74, 6) is -0.0362. The third-order valence-corrected chi connectivity index (χ3v) is 2.20. The van der Waals surface area contributed by atoms with E-state index in [1.54, 1.807) is 0 Å². The summed E-state index contributed by atoms with van der Waals surface area (Å²) in [7, 11) is 0. The average Bonchev–Trinajstić information content (AvgIpc) is 2.82. The number of halogens is 1. The number of pyridine rings is 1. The molecule has 1 amide bonds. The summed E-state index contributed by atoms with van der Waals surface area (Å²) in [5, 5.41) is 15.7. The number of nitrogen functional groups attached to an aromatic ring is 1. The predicted molar refractivity (Wildman–Crippen MR) is 59.0 cm³/mol. The molecule has 0 aliphatic carbocycles. The van der Waals surface area contributed by atoms with Crippen molar-refractivity contribution in [3.05, 3.63) is 28.8 Å². The number of carbonyl (C=O) groups excluding carboxylic acids is 1. The van der Waals surface area contributed by atoms with Crippen LogP contribution in [-0.2, 0) is 6.54 Å². The number of nitrogens with two attached hydrogens (primary N) is 1. The van der Waals surface area contributed by atoms with Gasteiger partial charge in [-0.05, 0) is 6.07 Å². The van der Waals surface area contributed by atoms with E-state index < -0.39 is 5.91 Å². The number of nitrogens with zero attached hydrogens (tertiary/aromatic N) is 4. The van der Waals surface area contributed by atoms with Crippen molar-refractivity contribution >= 4 is 23.2 Å². The van der Waals surface area contributed by atoms with E-state index >= 15 is 0 Å². The van der Waals surface area contributed by atoms with Crippen LogP contribution in [0.1, 0.15) is 16.2 Å². The average molecular weight is 254 g/mol. The molecule has 0 saturated carbocycles. The van der Waals surface area contributed by atoms with E-state index in [1.807, 2.05) is 0 Å². The quantitative estimate of drug-likeness (QED) is 0.649. The summed E-state index contributed by atoms with van der Waals surface area (Å²) in [6.07, 6.45) is 1.37. The second kappa shape index (κ2) is 4.74. The highest BCUT2D eigenvalue weighted by Gasteiger charge is 2.12. The standard InChI is InChI=1S/C8H8ClN7O/c9-7-5(1-4(10)2-11-7)8(17)12-3-6-13-15-16-14-6/h1-2H,3,10H2,(H,12,17)(H,13,14,15,16). The lowest BCUT2D eigenvalue weighted by Crippen LogP contribution is -2.24. The number of H-pyrrole nitrogens is 1. The van der Waals surface area contributed by atoms with E-state index in [1.165, 1.54) is 12.3 Å². The second-order valence-corrected chi connectivity index (χ2v) is 3.48. The first-order valence-electron chi connectivity index (χ1n) is 4.58. The monoisotopic (exact) mass is 253 g/mol. The van der Waals surface area contributed by atoms with Gasteiger partial charge in [-0.15, -0.1) is 10.2 Å². The van der Waals surface area contributed by atoms with Crippen molar-refractivity contribution in [2.24, 2.45) is 0 Å². The maximum atomic E-state index is 11.7. The van der Waals surface area contributed by atoms with Crippen LogP contribution in [0.3, 0.4) is 0 Å². The van der Waals surface area contributed by atoms with Gasteiger partial charge in [0.2, 0.25) is 0 Å². The molecule has 2 aromatic heterocycles. The predicted octanol–water partition coefficient (Wildman–Crippen LogP) is -0.240. The second-order valence-electron chi connectivity index (χ2n) is 3.12. The molecule has 0 unspecified atom stereocenters. The maximum Gasteiger partial charge on any atom is 0.254 e. The molecule has 2 aromatic rings. The highest BCUT2D eigenvalue weighted by Crippen LogP contribution is 2.15. The van der Waals surface area contributed by atoms with Crippen LogP contribution in [0.4, 0.5) is 5.69 Å². The van der Waals surface area contributed by atoms with Gasteiger partial charge in [0.25, 0.3) is 5.91 Å². The fourth-order valence-corrected chi connectivity index (χ4v) is 1.32. The van der Waals surface area contributed by atoms with Crippen LogP contribution >= 0.6 is 11.6 Å². The third-order valence-electron chi connectivity index (χ3n) is 1.90. The normalized spacial score (nSPS) is 10.2. The van der Waals surface area contributed by atoms with Crippen LogP contribution in [0.2, 0.25) is 5.15 Å². The molecule has 0 radical (unpaired) electrons. The zero-order valence-corrected chi connectivity index (χ0v) is 9.27. The van der Waals surface area contributed by atoms with Crippen molar-refractivity contribution in [1.29, 1.82) is 0 Å². The van der Waals surface area contributed by atoms with E-state index in [2.05, 4.69) is 30.9 Å². The molecule has 0 aromatic carbocycles. The number of rotatable bonds is 3. The SMILES string of the molecule is Nc1cnc(Cl)c(C(=O)NCc2nn[nH]n2)c1. The summed E-state index contributed by atoms with van der Waals surface area (Å²) in [6, 6.07) is 1.45. The van der Waals surface area contributed by atoms with Gasteiger partial charge < -0.3 is 11.1 Å². The maximum absolute atomic E-state index is 11.7. The summed E-state index contributed by atoms with van der Waals surface area (Å²) >= 11 is 5.77. The molecule has 0 atom stereocenters. The number of aromatic amines is 1. The number of carbonyl (C=O) groups is 1. The van der Waals surface area contributed by atoms with Gasteiger partial charge in [-0.1, -0.05) is 16.8 Å². The van der Waals surface area contributed by atoms with Crippen LogP contribution in [0.5, 0.6) is 0 Å². The molecular formula is C8H8ClN7O. The molecule has 2 rings (SSSR count). The van der Waals surface area contributed by atoms with Crippen molar-refractivity contribution < 1.29 is 4.79 Å². The van der Waals surface area contributed by atoms with E-state index in [0.717, 1.165) is 0 Å². The number of amides is 1. The summed E-state index contributed by atoms with van der Waals surface area (Å²) in [5.41, 5.74) is 6.08. The Bertz CT molecular complexity index is 527. The van der Waals surface area contributed by atoms with Crippen LogP contribution < -0.4 is 11.1 Å². The lowest BCUT2D eigenvalue weighted by Gasteiger charge is -2.04. The van der Waals surface area contributed by atoms with Crippen molar-refractivity contribution in [3.8, 4) is 0 Å². The zero-order valence-electron chi connectivity index (χ0n) is 8.51. The van der Waals surface area contributed by atoms with Gasteiger partial charge in [-0.2, -0.15) is 5.21 Å². The molecule has 88 valence electrons. The number of hydrogen-bond donors (Lipinski definition) is 3. The topological polar surface area (TPSA) is 122 Å². The molecule has 2 heterocycles. The zero-order chi connectivity index (χ0) is 12.3. The Morgan fingerprint density at radius 2 is 2.41 bits per heavy atom. The Morgan fingerprint density at radius 3 is 3.12 bits per heavy atom. The number of aromatic nitrogens is 5. The van der Waals surface area contributed by atoms with Gasteiger partial charge in [0.05, 0.1) is 24.0 Å². The molecule has 0 aliphatic rings. The lowest BCUT2D eigenvalue weighted by molar-refractivity contribution is 0.0949. The molecule has 0 bridgehead atoms. The van der Waals surface area contributed by atoms with Crippen molar-refractivity contribution in [2.75, 3.05) is 5.73 Å². The lowest BCUT2D eigenvalue weighted by atomic mass is 10.2. The molecule has 4 N–H and O–H groups in total. The first-order chi connectivity index (χ1) is 8.16. The first kappa shape index (κ1) is 11.3. The summed E-state index contributed by atoms with van der Waals surface area (Å²) < 4.78 is 0. The van der Waals surface area contributed by atoms with Crippen molar-refractivity contribution in [2.45, 2.75) is 6.54 Å². The molecule has 0 spiro atoms. The van der Waals surface area contributed by atoms with E-state index in [-0.39, 0.29) is 17.3 Å². The van der Waals surface area contributed by atoms with Crippen LogP contribution in [0.25, 0.3) is 0 Å². The van der Waals surface area contributed by atoms with Crippen molar-refractivity contribution in [3.63, 3.8) is 0 Å². The van der Waals surface area contributed by atoms with E-state index in [9.17, 15) is 4.79 Å². The first-order valence-corrected chi connectivity index (χ1v) is 4.96. The van der Waals surface area contributed by atoms with Gasteiger partial charge >= 0.3 is 0 Å².